The van der Waals surface area contributed by atoms with Crippen molar-refractivity contribution in [1.82, 2.24) is 0 Å². The Morgan fingerprint density at radius 2 is 2.00 bits per heavy atom. The third-order valence-corrected chi connectivity index (χ3v) is 0.735. The van der Waals surface area contributed by atoms with Gasteiger partial charge in [-0.1, -0.05) is 19.8 Å². The Kier molecular flexibility index (Phi) is 17.2. The molecule has 0 saturated heterocycles. The van der Waals surface area contributed by atoms with Gasteiger partial charge in [-0.3, -0.25) is 0 Å². The fourth-order valence-corrected chi connectivity index (χ4v) is 0.316. The first-order chi connectivity index (χ1) is 2.91. The van der Waals surface area contributed by atoms with E-state index in [-0.39, 0.29) is 51.4 Å². The standard InChI is InChI=1S/C5H12N.K/c1-3-4-5-6-2;/h3-5H2,1-2H3;/q-1;+1. The molecule has 38 valence electrons. The molecule has 0 aliphatic carbocycles. The first kappa shape index (κ1) is 11.4. The molecule has 0 aliphatic heterocycles. The molecule has 2 heteroatoms. The second-order valence-corrected chi connectivity index (χ2v) is 1.39. The fraction of sp³-hybridized carbons (Fsp3) is 1.00. The van der Waals surface area contributed by atoms with Gasteiger partial charge in [-0.2, -0.15) is 7.05 Å². The third kappa shape index (κ3) is 11.3. The van der Waals surface area contributed by atoms with Crippen molar-refractivity contribution in [2.45, 2.75) is 19.8 Å². The van der Waals surface area contributed by atoms with Crippen LogP contribution >= 0.6 is 0 Å². The molecule has 0 rings (SSSR count). The maximum absolute atomic E-state index is 3.93. The zero-order chi connectivity index (χ0) is 4.83. The van der Waals surface area contributed by atoms with E-state index >= 15 is 0 Å². The molecule has 0 aliphatic rings. The van der Waals surface area contributed by atoms with E-state index in [2.05, 4.69) is 12.2 Å². The summed E-state index contributed by atoms with van der Waals surface area (Å²) < 4.78 is 0. The molecule has 0 atom stereocenters. The van der Waals surface area contributed by atoms with Gasteiger partial charge in [-0.15, -0.1) is 6.54 Å². The van der Waals surface area contributed by atoms with Gasteiger partial charge in [0.1, 0.15) is 0 Å². The molecule has 0 saturated carbocycles. The molecule has 0 fully saturated rings. The van der Waals surface area contributed by atoms with Crippen molar-refractivity contribution in [3.05, 3.63) is 5.32 Å². The molecule has 0 spiro atoms. The summed E-state index contributed by atoms with van der Waals surface area (Å²) in [5.74, 6) is 0. The van der Waals surface area contributed by atoms with Crippen LogP contribution in [0.4, 0.5) is 0 Å². The molecule has 0 amide bonds. The molecule has 0 aromatic heterocycles. The van der Waals surface area contributed by atoms with Crippen LogP contribution in [0.1, 0.15) is 19.8 Å². The predicted octanol–water partition coefficient (Wildman–Crippen LogP) is -1.21. The van der Waals surface area contributed by atoms with Crippen LogP contribution < -0.4 is 51.4 Å². The molecule has 0 aromatic carbocycles. The van der Waals surface area contributed by atoms with E-state index in [1.807, 2.05) is 7.05 Å². The summed E-state index contributed by atoms with van der Waals surface area (Å²) in [6, 6.07) is 0. The molecule has 7 heavy (non-hydrogen) atoms. The van der Waals surface area contributed by atoms with Gasteiger partial charge in [-0.05, 0) is 0 Å². The van der Waals surface area contributed by atoms with Crippen LogP contribution in [-0.4, -0.2) is 13.6 Å². The monoisotopic (exact) mass is 125 g/mol. The minimum absolute atomic E-state index is 0. The van der Waals surface area contributed by atoms with E-state index in [4.69, 9.17) is 0 Å². The minimum atomic E-state index is 0. The molecular weight excluding hydrogens is 113 g/mol. The van der Waals surface area contributed by atoms with Crippen LogP contribution in [0.2, 0.25) is 0 Å². The summed E-state index contributed by atoms with van der Waals surface area (Å²) in [6.07, 6.45) is 2.51. The van der Waals surface area contributed by atoms with Crippen LogP contribution in [0.15, 0.2) is 0 Å². The van der Waals surface area contributed by atoms with E-state index in [9.17, 15) is 0 Å². The molecule has 0 bridgehead atoms. The Bertz CT molecular complexity index is 20.0. The van der Waals surface area contributed by atoms with Gasteiger partial charge in [0.25, 0.3) is 0 Å². The number of nitrogens with zero attached hydrogens (tertiary/aromatic N) is 1. The van der Waals surface area contributed by atoms with Gasteiger partial charge in [-0.25, -0.2) is 0 Å². The van der Waals surface area contributed by atoms with Gasteiger partial charge < -0.3 is 5.32 Å². The van der Waals surface area contributed by atoms with E-state index < -0.39 is 0 Å². The molecule has 0 unspecified atom stereocenters. The van der Waals surface area contributed by atoms with E-state index in [1.54, 1.807) is 0 Å². The van der Waals surface area contributed by atoms with Crippen molar-refractivity contribution >= 4 is 0 Å². The normalized spacial score (nSPS) is 7.71. The van der Waals surface area contributed by atoms with Gasteiger partial charge in [0, 0.05) is 0 Å². The third-order valence-electron chi connectivity index (χ3n) is 0.735. The van der Waals surface area contributed by atoms with Crippen LogP contribution in [0, 0.1) is 0 Å². The van der Waals surface area contributed by atoms with Crippen LogP contribution in [0.25, 0.3) is 5.32 Å². The molecule has 1 nitrogen and oxygen atoms in total. The summed E-state index contributed by atoms with van der Waals surface area (Å²) >= 11 is 0. The Labute approximate surface area is 88.7 Å². The van der Waals surface area contributed by atoms with Crippen molar-refractivity contribution in [3.63, 3.8) is 0 Å². The minimum Gasteiger partial charge on any atom is -0.665 e. The summed E-state index contributed by atoms with van der Waals surface area (Å²) in [5, 5.41) is 3.93. The van der Waals surface area contributed by atoms with Crippen molar-refractivity contribution in [2.24, 2.45) is 0 Å². The quantitative estimate of drug-likeness (QED) is 0.332. The average molecular weight is 125 g/mol. The van der Waals surface area contributed by atoms with Crippen molar-refractivity contribution in [2.75, 3.05) is 13.6 Å². The maximum atomic E-state index is 3.93. The summed E-state index contributed by atoms with van der Waals surface area (Å²) in [4.78, 5) is 0. The summed E-state index contributed by atoms with van der Waals surface area (Å²) in [6.45, 7) is 3.21. The Morgan fingerprint density at radius 3 is 2.14 bits per heavy atom. The fourth-order valence-electron chi connectivity index (χ4n) is 0.316. The summed E-state index contributed by atoms with van der Waals surface area (Å²) in [5.41, 5.74) is 0. The van der Waals surface area contributed by atoms with Gasteiger partial charge >= 0.3 is 51.4 Å². The number of hydrogen-bond acceptors (Lipinski definition) is 0. The Balaban J connectivity index is 0. The topological polar surface area (TPSA) is 14.1 Å². The zero-order valence-corrected chi connectivity index (χ0v) is 8.69. The van der Waals surface area contributed by atoms with Gasteiger partial charge in [0.2, 0.25) is 0 Å². The van der Waals surface area contributed by atoms with Crippen LogP contribution in [0.5, 0.6) is 0 Å². The molecule has 0 aromatic rings. The summed E-state index contributed by atoms with van der Waals surface area (Å²) in [7, 11) is 1.86. The van der Waals surface area contributed by atoms with Crippen molar-refractivity contribution in [3.8, 4) is 0 Å². The van der Waals surface area contributed by atoms with E-state index in [0.29, 0.717) is 0 Å². The Hall–Kier alpha value is 1.60. The van der Waals surface area contributed by atoms with E-state index in [0.717, 1.165) is 6.54 Å². The molecule has 0 N–H and O–H groups in total. The van der Waals surface area contributed by atoms with Crippen LogP contribution in [-0.2, 0) is 0 Å². The average Bonchev–Trinajstić information content (AvgIpc) is 1.61. The zero-order valence-electron chi connectivity index (χ0n) is 5.57. The first-order valence-corrected chi connectivity index (χ1v) is 2.47. The SMILES string of the molecule is CCCC[N-]C.[K+]. The Morgan fingerprint density at radius 1 is 1.43 bits per heavy atom. The second kappa shape index (κ2) is 10.6. The van der Waals surface area contributed by atoms with E-state index in [1.165, 1.54) is 12.8 Å². The van der Waals surface area contributed by atoms with Crippen LogP contribution in [0.3, 0.4) is 0 Å². The largest absolute Gasteiger partial charge is 1.00 e. The predicted molar refractivity (Wildman–Crippen MR) is 29.1 cm³/mol. The van der Waals surface area contributed by atoms with Crippen molar-refractivity contribution < 1.29 is 51.4 Å². The second-order valence-electron chi connectivity index (χ2n) is 1.39. The van der Waals surface area contributed by atoms with Crippen molar-refractivity contribution in [1.29, 1.82) is 0 Å². The maximum Gasteiger partial charge on any atom is 1.00 e. The molecule has 0 radical (unpaired) electrons. The first-order valence-electron chi connectivity index (χ1n) is 2.47. The van der Waals surface area contributed by atoms with Gasteiger partial charge in [0.05, 0.1) is 0 Å². The molecular formula is C5H12KN. The van der Waals surface area contributed by atoms with Gasteiger partial charge in [0.15, 0.2) is 0 Å². The molecule has 0 heterocycles. The number of hydrogen-bond donors (Lipinski definition) is 0. The smallest absolute Gasteiger partial charge is 0.665 e. The number of rotatable bonds is 3. The number of unbranched alkanes of at least 4 members (excludes halogenated alkanes) is 1.